The molecule has 3 nitrogen and oxygen atoms in total. The van der Waals surface area contributed by atoms with Crippen molar-refractivity contribution in [3.05, 3.63) is 29.8 Å². The maximum absolute atomic E-state index is 11.4. The van der Waals surface area contributed by atoms with E-state index in [0.29, 0.717) is 18.1 Å². The van der Waals surface area contributed by atoms with Crippen LogP contribution < -0.4 is 5.32 Å². The number of nitrogens with one attached hydrogen (secondary N) is 1. The lowest BCUT2D eigenvalue weighted by atomic mass is 9.87. The highest BCUT2D eigenvalue weighted by atomic mass is 32.2. The topological polar surface area (TPSA) is 49.3 Å². The lowest BCUT2D eigenvalue weighted by Gasteiger charge is -2.23. The molecule has 2 unspecified atom stereocenters. The van der Waals surface area contributed by atoms with Crippen LogP contribution in [0.5, 0.6) is 0 Å². The lowest BCUT2D eigenvalue weighted by molar-refractivity contribution is -0.144. The van der Waals surface area contributed by atoms with E-state index in [2.05, 4.69) is 50.4 Å². The van der Waals surface area contributed by atoms with Gasteiger partial charge in [0.15, 0.2) is 0 Å². The maximum Gasteiger partial charge on any atom is 0.323 e. The highest BCUT2D eigenvalue weighted by Gasteiger charge is 2.44. The monoisotopic (exact) mass is 307 g/mol. The van der Waals surface area contributed by atoms with Gasteiger partial charge in [0, 0.05) is 10.1 Å². The van der Waals surface area contributed by atoms with Crippen LogP contribution in [0.4, 0.5) is 0 Å². The number of rotatable bonds is 4. The van der Waals surface area contributed by atoms with Crippen molar-refractivity contribution in [1.82, 2.24) is 5.32 Å². The van der Waals surface area contributed by atoms with Crippen LogP contribution in [0.15, 0.2) is 29.2 Å². The van der Waals surface area contributed by atoms with Gasteiger partial charge in [0.25, 0.3) is 0 Å². The first-order valence-electron chi connectivity index (χ1n) is 7.46. The Morgan fingerprint density at radius 1 is 1.33 bits per heavy atom. The molecule has 1 aromatic carbocycles. The molecular formula is C17H25NO2S. The van der Waals surface area contributed by atoms with Crippen molar-refractivity contribution in [2.24, 2.45) is 0 Å². The van der Waals surface area contributed by atoms with E-state index in [1.165, 1.54) is 10.5 Å². The zero-order valence-corrected chi connectivity index (χ0v) is 14.1. The number of thioether (sulfide) groups is 1. The largest absolute Gasteiger partial charge is 0.480 e. The zero-order valence-electron chi connectivity index (χ0n) is 13.3. The summed E-state index contributed by atoms with van der Waals surface area (Å²) in [4.78, 5) is 12.7. The summed E-state index contributed by atoms with van der Waals surface area (Å²) in [6.45, 7) is 6.63. The first-order chi connectivity index (χ1) is 9.77. The van der Waals surface area contributed by atoms with E-state index < -0.39 is 11.5 Å². The van der Waals surface area contributed by atoms with E-state index in [4.69, 9.17) is 0 Å². The molecule has 1 aromatic rings. The average molecular weight is 307 g/mol. The van der Waals surface area contributed by atoms with E-state index in [-0.39, 0.29) is 5.41 Å². The van der Waals surface area contributed by atoms with Gasteiger partial charge in [0.1, 0.15) is 5.54 Å². The van der Waals surface area contributed by atoms with Gasteiger partial charge in [-0.2, -0.15) is 0 Å². The third-order valence-corrected chi connectivity index (χ3v) is 5.66. The number of benzene rings is 1. The van der Waals surface area contributed by atoms with Crippen molar-refractivity contribution in [1.29, 1.82) is 0 Å². The number of carboxylic acid groups (broad SMARTS) is 1. The van der Waals surface area contributed by atoms with Crippen molar-refractivity contribution in [2.75, 3.05) is 7.05 Å². The molecule has 0 amide bonds. The molecule has 116 valence electrons. The van der Waals surface area contributed by atoms with Crippen LogP contribution in [0.2, 0.25) is 0 Å². The lowest BCUT2D eigenvalue weighted by Crippen LogP contribution is -2.48. The summed E-state index contributed by atoms with van der Waals surface area (Å²) in [5.74, 6) is -0.726. The van der Waals surface area contributed by atoms with Gasteiger partial charge in [-0.15, -0.1) is 11.8 Å². The zero-order chi connectivity index (χ0) is 15.7. The molecule has 4 heteroatoms. The molecule has 0 heterocycles. The third kappa shape index (κ3) is 3.61. The first kappa shape index (κ1) is 16.4. The number of hydrogen-bond donors (Lipinski definition) is 2. The van der Waals surface area contributed by atoms with E-state index in [9.17, 15) is 9.90 Å². The molecule has 0 saturated heterocycles. The Morgan fingerprint density at radius 2 is 1.95 bits per heavy atom. The van der Waals surface area contributed by atoms with Gasteiger partial charge in [-0.05, 0) is 49.4 Å². The van der Waals surface area contributed by atoms with Crippen molar-refractivity contribution in [2.45, 2.75) is 61.1 Å². The number of aliphatic carboxylic acids is 1. The highest BCUT2D eigenvalue weighted by molar-refractivity contribution is 8.00. The summed E-state index contributed by atoms with van der Waals surface area (Å²) in [5.41, 5.74) is 0.762. The first-order valence-corrected chi connectivity index (χ1v) is 8.34. The highest BCUT2D eigenvalue weighted by Crippen LogP contribution is 2.40. The Hall–Kier alpha value is -1.00. The molecular weight excluding hydrogens is 282 g/mol. The van der Waals surface area contributed by atoms with E-state index in [1.54, 1.807) is 18.8 Å². The SMILES string of the molecule is CNC1(C(=O)O)CCC(Sc2ccc(C(C)(C)C)cc2)C1. The number of hydrogen-bond acceptors (Lipinski definition) is 3. The van der Waals surface area contributed by atoms with E-state index >= 15 is 0 Å². The number of carboxylic acids is 1. The second-order valence-corrected chi connectivity index (χ2v) is 8.27. The second kappa shape index (κ2) is 6.01. The van der Waals surface area contributed by atoms with Gasteiger partial charge < -0.3 is 10.4 Å². The minimum absolute atomic E-state index is 0.168. The molecule has 2 rings (SSSR count). The Balaban J connectivity index is 2.02. The Kier molecular flexibility index (Phi) is 4.69. The molecule has 0 aromatic heterocycles. The van der Waals surface area contributed by atoms with Crippen molar-refractivity contribution in [3.8, 4) is 0 Å². The van der Waals surface area contributed by atoms with Crippen LogP contribution in [0.1, 0.15) is 45.6 Å². The Morgan fingerprint density at radius 3 is 2.38 bits per heavy atom. The molecule has 1 aliphatic carbocycles. The Labute approximate surface area is 131 Å². The van der Waals surface area contributed by atoms with Crippen molar-refractivity contribution < 1.29 is 9.90 Å². The summed E-state index contributed by atoms with van der Waals surface area (Å²) in [7, 11) is 1.75. The Bertz CT molecular complexity index is 507. The van der Waals surface area contributed by atoms with Gasteiger partial charge >= 0.3 is 5.97 Å². The third-order valence-electron chi connectivity index (χ3n) is 4.38. The molecule has 2 N–H and O–H groups in total. The second-order valence-electron chi connectivity index (χ2n) is 6.89. The molecule has 21 heavy (non-hydrogen) atoms. The van der Waals surface area contributed by atoms with Crippen LogP contribution in [0.25, 0.3) is 0 Å². The fourth-order valence-corrected chi connectivity index (χ4v) is 4.14. The van der Waals surface area contributed by atoms with Crippen LogP contribution in [-0.4, -0.2) is 28.9 Å². The molecule has 1 fully saturated rings. The van der Waals surface area contributed by atoms with Crippen molar-refractivity contribution in [3.63, 3.8) is 0 Å². The minimum Gasteiger partial charge on any atom is -0.480 e. The van der Waals surface area contributed by atoms with Crippen LogP contribution >= 0.6 is 11.8 Å². The summed E-state index contributed by atoms with van der Waals surface area (Å²) in [6.07, 6.45) is 2.33. The van der Waals surface area contributed by atoms with E-state index in [1.807, 2.05) is 0 Å². The van der Waals surface area contributed by atoms with Gasteiger partial charge in [0.05, 0.1) is 0 Å². The quantitative estimate of drug-likeness (QED) is 0.891. The van der Waals surface area contributed by atoms with Crippen molar-refractivity contribution >= 4 is 17.7 Å². The maximum atomic E-state index is 11.4. The fraction of sp³-hybridized carbons (Fsp3) is 0.588. The molecule has 0 radical (unpaired) electrons. The predicted molar refractivity (Wildman–Crippen MR) is 88.1 cm³/mol. The molecule has 0 aliphatic heterocycles. The van der Waals surface area contributed by atoms with Crippen LogP contribution in [0, 0.1) is 0 Å². The molecule has 2 atom stereocenters. The minimum atomic E-state index is -0.733. The van der Waals surface area contributed by atoms with Crippen LogP contribution in [-0.2, 0) is 10.2 Å². The summed E-state index contributed by atoms with van der Waals surface area (Å²) >= 11 is 1.80. The predicted octanol–water partition coefficient (Wildman–Crippen LogP) is 3.67. The molecule has 1 aliphatic rings. The molecule has 0 spiro atoms. The van der Waals surface area contributed by atoms with Crippen LogP contribution in [0.3, 0.4) is 0 Å². The van der Waals surface area contributed by atoms with E-state index in [0.717, 1.165) is 6.42 Å². The fourth-order valence-electron chi connectivity index (χ4n) is 2.85. The number of carbonyl (C=O) groups is 1. The van der Waals surface area contributed by atoms with Gasteiger partial charge in [0.2, 0.25) is 0 Å². The van der Waals surface area contributed by atoms with Gasteiger partial charge in [-0.3, -0.25) is 4.79 Å². The van der Waals surface area contributed by atoms with Gasteiger partial charge in [-0.1, -0.05) is 32.9 Å². The average Bonchev–Trinajstić information content (AvgIpc) is 2.83. The molecule has 0 bridgehead atoms. The standard InChI is InChI=1S/C17H25NO2S/c1-16(2,3)12-5-7-13(8-6-12)21-14-9-10-17(11-14,18-4)15(19)20/h5-8,14,18H,9-11H2,1-4H3,(H,19,20). The van der Waals surface area contributed by atoms with Gasteiger partial charge in [-0.25, -0.2) is 0 Å². The summed E-state index contributed by atoms with van der Waals surface area (Å²) in [5, 5.41) is 12.8. The number of likely N-dealkylation sites (N-methyl/N-ethyl adjacent to an activating group) is 1. The summed E-state index contributed by atoms with van der Waals surface area (Å²) in [6, 6.07) is 8.68. The smallest absolute Gasteiger partial charge is 0.323 e. The summed E-state index contributed by atoms with van der Waals surface area (Å²) < 4.78 is 0. The molecule has 1 saturated carbocycles. The normalized spacial score (nSPS) is 26.0.